The van der Waals surface area contributed by atoms with Crippen LogP contribution in [0.3, 0.4) is 0 Å². The van der Waals surface area contributed by atoms with Crippen LogP contribution < -0.4 is 5.32 Å². The van der Waals surface area contributed by atoms with Gasteiger partial charge in [0.15, 0.2) is 0 Å². The molecule has 0 radical (unpaired) electrons. The molecular formula is C10H19NO4S. The molecule has 94 valence electrons. The van der Waals surface area contributed by atoms with Crippen molar-refractivity contribution in [2.24, 2.45) is 5.92 Å². The highest BCUT2D eigenvalue weighted by atomic mass is 32.2. The largest absolute Gasteiger partial charge is 0.481 e. The van der Waals surface area contributed by atoms with Gasteiger partial charge in [-0.2, -0.15) is 0 Å². The number of carboxylic acid groups (broad SMARTS) is 1. The fourth-order valence-electron chi connectivity index (χ4n) is 0.910. The van der Waals surface area contributed by atoms with Crippen LogP contribution in [0.25, 0.3) is 0 Å². The van der Waals surface area contributed by atoms with Gasteiger partial charge in [0.1, 0.15) is 0 Å². The Balaban J connectivity index is 3.40. The Kier molecular flexibility index (Phi) is 9.03. The third-order valence-corrected chi connectivity index (χ3v) is 2.91. The third-order valence-electron chi connectivity index (χ3n) is 1.99. The van der Waals surface area contributed by atoms with Gasteiger partial charge in [-0.25, -0.2) is 0 Å². The van der Waals surface area contributed by atoms with Crippen molar-refractivity contribution >= 4 is 23.6 Å². The van der Waals surface area contributed by atoms with Gasteiger partial charge < -0.3 is 15.2 Å². The average Bonchev–Trinajstić information content (AvgIpc) is 2.24. The number of rotatable bonds is 9. The Hall–Kier alpha value is -0.750. The lowest BCUT2D eigenvalue weighted by molar-refractivity contribution is -0.141. The molecule has 0 saturated carbocycles. The molecule has 0 aromatic rings. The second-order valence-corrected chi connectivity index (χ2v) is 4.53. The molecule has 1 amide bonds. The summed E-state index contributed by atoms with van der Waals surface area (Å²) < 4.78 is 4.84. The Bertz CT molecular complexity index is 223. The second-order valence-electron chi connectivity index (χ2n) is 3.42. The van der Waals surface area contributed by atoms with E-state index >= 15 is 0 Å². The summed E-state index contributed by atoms with van der Waals surface area (Å²) in [5, 5.41) is 11.3. The first-order valence-electron chi connectivity index (χ1n) is 5.14. The van der Waals surface area contributed by atoms with Gasteiger partial charge in [0.2, 0.25) is 5.91 Å². The highest BCUT2D eigenvalue weighted by molar-refractivity contribution is 7.99. The van der Waals surface area contributed by atoms with Crippen molar-refractivity contribution < 1.29 is 19.4 Å². The zero-order valence-corrected chi connectivity index (χ0v) is 10.5. The van der Waals surface area contributed by atoms with Crippen LogP contribution in [0.1, 0.15) is 13.3 Å². The van der Waals surface area contributed by atoms with E-state index in [4.69, 9.17) is 9.84 Å². The Morgan fingerprint density at radius 3 is 2.75 bits per heavy atom. The normalized spacial score (nSPS) is 12.1. The summed E-state index contributed by atoms with van der Waals surface area (Å²) >= 11 is 1.50. The molecule has 6 heteroatoms. The zero-order valence-electron chi connectivity index (χ0n) is 9.69. The van der Waals surface area contributed by atoms with Crippen molar-refractivity contribution in [3.63, 3.8) is 0 Å². The summed E-state index contributed by atoms with van der Waals surface area (Å²) in [6.07, 6.45) is 0.462. The number of amides is 1. The number of carboxylic acids is 1. The van der Waals surface area contributed by atoms with Gasteiger partial charge in [0.05, 0.1) is 18.3 Å². The molecule has 0 fully saturated rings. The van der Waals surface area contributed by atoms with Crippen LogP contribution in [0, 0.1) is 5.92 Å². The first-order chi connectivity index (χ1) is 7.57. The summed E-state index contributed by atoms with van der Waals surface area (Å²) in [5.41, 5.74) is 0. The summed E-state index contributed by atoms with van der Waals surface area (Å²) in [6, 6.07) is 0. The fourth-order valence-corrected chi connectivity index (χ4v) is 1.63. The lowest BCUT2D eigenvalue weighted by Crippen LogP contribution is -2.28. The molecule has 5 nitrogen and oxygen atoms in total. The van der Waals surface area contributed by atoms with Gasteiger partial charge in [-0.05, 0) is 6.42 Å². The standard InChI is InChI=1S/C10H19NO4S/c1-8(10(13)14)3-4-11-9(12)7-16-6-5-15-2/h8H,3-7H2,1-2H3,(H,11,12)(H,13,14). The topological polar surface area (TPSA) is 75.6 Å². The minimum atomic E-state index is -0.830. The smallest absolute Gasteiger partial charge is 0.306 e. The molecule has 1 atom stereocenters. The average molecular weight is 249 g/mol. The maximum atomic E-state index is 11.2. The molecule has 2 N–H and O–H groups in total. The van der Waals surface area contributed by atoms with E-state index < -0.39 is 11.9 Å². The third kappa shape index (κ3) is 8.55. The van der Waals surface area contributed by atoms with Crippen molar-refractivity contribution in [2.45, 2.75) is 13.3 Å². The van der Waals surface area contributed by atoms with E-state index in [-0.39, 0.29) is 5.91 Å². The highest BCUT2D eigenvalue weighted by Crippen LogP contribution is 2.01. The lowest BCUT2D eigenvalue weighted by Gasteiger charge is -2.07. The van der Waals surface area contributed by atoms with Crippen LogP contribution in [0.15, 0.2) is 0 Å². The van der Waals surface area contributed by atoms with Gasteiger partial charge >= 0.3 is 5.97 Å². The van der Waals surface area contributed by atoms with E-state index in [1.807, 2.05) is 0 Å². The summed E-state index contributed by atoms with van der Waals surface area (Å²) in [7, 11) is 1.62. The predicted molar refractivity (Wildman–Crippen MR) is 63.6 cm³/mol. The first-order valence-corrected chi connectivity index (χ1v) is 6.29. The molecule has 0 aliphatic heterocycles. The number of nitrogens with one attached hydrogen (secondary N) is 1. The Morgan fingerprint density at radius 2 is 2.19 bits per heavy atom. The molecule has 0 bridgehead atoms. The predicted octanol–water partition coefficient (Wildman–Crippen LogP) is 0.593. The zero-order chi connectivity index (χ0) is 12.4. The molecule has 0 heterocycles. The highest BCUT2D eigenvalue weighted by Gasteiger charge is 2.10. The van der Waals surface area contributed by atoms with Crippen molar-refractivity contribution in [1.82, 2.24) is 5.32 Å². The monoisotopic (exact) mass is 249 g/mol. The van der Waals surface area contributed by atoms with Gasteiger partial charge in [0.25, 0.3) is 0 Å². The van der Waals surface area contributed by atoms with Crippen LogP contribution >= 0.6 is 11.8 Å². The molecule has 0 saturated heterocycles. The van der Waals surface area contributed by atoms with Crippen molar-refractivity contribution in [3.8, 4) is 0 Å². The van der Waals surface area contributed by atoms with E-state index in [0.717, 1.165) is 5.75 Å². The van der Waals surface area contributed by atoms with E-state index in [2.05, 4.69) is 5.32 Å². The maximum Gasteiger partial charge on any atom is 0.306 e. The fraction of sp³-hybridized carbons (Fsp3) is 0.800. The lowest BCUT2D eigenvalue weighted by atomic mass is 10.1. The number of carbonyl (C=O) groups excluding carboxylic acids is 1. The molecule has 16 heavy (non-hydrogen) atoms. The molecule has 1 unspecified atom stereocenters. The van der Waals surface area contributed by atoms with Crippen LogP contribution in [0.2, 0.25) is 0 Å². The SMILES string of the molecule is COCCSCC(=O)NCCC(C)C(=O)O. The van der Waals surface area contributed by atoms with Crippen LogP contribution in [-0.4, -0.2) is 48.8 Å². The second kappa shape index (κ2) is 9.47. The number of hydrogen-bond acceptors (Lipinski definition) is 4. The Morgan fingerprint density at radius 1 is 1.50 bits per heavy atom. The van der Waals surface area contributed by atoms with Crippen LogP contribution in [-0.2, 0) is 14.3 Å². The van der Waals surface area contributed by atoms with Gasteiger partial charge in [-0.15, -0.1) is 11.8 Å². The number of ether oxygens (including phenoxy) is 1. The summed E-state index contributed by atoms with van der Waals surface area (Å²) in [6.45, 7) is 2.67. The van der Waals surface area contributed by atoms with Crippen molar-refractivity contribution in [2.75, 3.05) is 31.8 Å². The molecule has 0 aliphatic rings. The molecule has 0 aromatic heterocycles. The number of methoxy groups -OCH3 is 1. The van der Waals surface area contributed by atoms with Crippen molar-refractivity contribution in [3.05, 3.63) is 0 Å². The number of hydrogen-bond donors (Lipinski definition) is 2. The molecule has 0 spiro atoms. The number of aliphatic carboxylic acids is 1. The molecule has 0 aliphatic carbocycles. The molecular weight excluding hydrogens is 230 g/mol. The number of carbonyl (C=O) groups is 2. The Labute approximate surface area is 99.9 Å². The first kappa shape index (κ1) is 15.2. The number of thioether (sulfide) groups is 1. The maximum absolute atomic E-state index is 11.2. The summed E-state index contributed by atoms with van der Waals surface area (Å²) in [5.74, 6) is -0.121. The van der Waals surface area contributed by atoms with Gasteiger partial charge in [-0.3, -0.25) is 9.59 Å². The molecule has 0 rings (SSSR count). The van der Waals surface area contributed by atoms with Gasteiger partial charge in [-0.1, -0.05) is 6.92 Å². The minimum absolute atomic E-state index is 0.0568. The van der Waals surface area contributed by atoms with E-state index in [9.17, 15) is 9.59 Å². The van der Waals surface area contributed by atoms with Crippen LogP contribution in [0.5, 0.6) is 0 Å². The van der Waals surface area contributed by atoms with Crippen LogP contribution in [0.4, 0.5) is 0 Å². The molecule has 0 aromatic carbocycles. The quantitative estimate of drug-likeness (QED) is 0.585. The van der Waals surface area contributed by atoms with Crippen molar-refractivity contribution in [1.29, 1.82) is 0 Å². The van der Waals surface area contributed by atoms with E-state index in [1.165, 1.54) is 11.8 Å². The van der Waals surface area contributed by atoms with E-state index in [0.29, 0.717) is 25.3 Å². The van der Waals surface area contributed by atoms with Gasteiger partial charge in [0, 0.05) is 19.4 Å². The minimum Gasteiger partial charge on any atom is -0.481 e. The van der Waals surface area contributed by atoms with E-state index in [1.54, 1.807) is 14.0 Å². The summed E-state index contributed by atoms with van der Waals surface area (Å²) in [4.78, 5) is 21.7.